The predicted octanol–water partition coefficient (Wildman–Crippen LogP) is 4.34. The van der Waals surface area contributed by atoms with Crippen molar-refractivity contribution >= 4 is 0 Å². The molecule has 0 amide bonds. The lowest BCUT2D eigenvalue weighted by Gasteiger charge is -2.43. The molecule has 0 aromatic carbocycles. The fourth-order valence-corrected chi connectivity index (χ4v) is 5.28. The van der Waals surface area contributed by atoms with Gasteiger partial charge in [0.05, 0.1) is 0 Å². The van der Waals surface area contributed by atoms with Gasteiger partial charge in [-0.15, -0.1) is 0 Å². The zero-order valence-electron chi connectivity index (χ0n) is 14.2. The Balaban J connectivity index is 1.51. The monoisotopic (exact) mass is 292 g/mol. The maximum atomic E-state index is 3.75. The van der Waals surface area contributed by atoms with E-state index in [0.29, 0.717) is 0 Å². The molecule has 2 heteroatoms. The molecule has 2 nitrogen and oxygen atoms in total. The van der Waals surface area contributed by atoms with Gasteiger partial charge >= 0.3 is 0 Å². The summed E-state index contributed by atoms with van der Waals surface area (Å²) in [6.07, 6.45) is 17.6. The van der Waals surface area contributed by atoms with Crippen LogP contribution >= 0.6 is 0 Å². The van der Waals surface area contributed by atoms with Gasteiger partial charge in [0.25, 0.3) is 0 Å². The summed E-state index contributed by atoms with van der Waals surface area (Å²) in [4.78, 5) is 2.85. The Labute approximate surface area is 132 Å². The van der Waals surface area contributed by atoms with Crippen molar-refractivity contribution in [3.8, 4) is 0 Å². The first-order valence-corrected chi connectivity index (χ1v) is 9.79. The summed E-state index contributed by atoms with van der Waals surface area (Å²) in [5.41, 5.74) is 0.789. The van der Waals surface area contributed by atoms with Crippen molar-refractivity contribution in [2.24, 2.45) is 5.41 Å². The summed E-state index contributed by atoms with van der Waals surface area (Å²) in [6.45, 7) is 6.22. The molecular weight excluding hydrogens is 256 g/mol. The van der Waals surface area contributed by atoms with E-state index in [0.717, 1.165) is 17.5 Å². The van der Waals surface area contributed by atoms with E-state index in [2.05, 4.69) is 17.1 Å². The lowest BCUT2D eigenvalue weighted by Crippen LogP contribution is -2.49. The topological polar surface area (TPSA) is 15.3 Å². The summed E-state index contributed by atoms with van der Waals surface area (Å²) in [5, 5.41) is 3.75. The van der Waals surface area contributed by atoms with Crippen LogP contribution in [0.25, 0.3) is 0 Å². The molecule has 3 aliphatic rings. The number of rotatable bonds is 5. The van der Waals surface area contributed by atoms with Gasteiger partial charge in [-0.2, -0.15) is 0 Å². The van der Waals surface area contributed by atoms with Crippen LogP contribution in [0, 0.1) is 5.41 Å². The number of nitrogens with zero attached hydrogens (tertiary/aromatic N) is 1. The van der Waals surface area contributed by atoms with Gasteiger partial charge in [-0.25, -0.2) is 0 Å². The Bertz CT molecular complexity index is 293. The molecule has 3 rings (SSSR count). The number of piperidine rings is 1. The minimum absolute atomic E-state index is 0.771. The second-order valence-corrected chi connectivity index (χ2v) is 8.08. The van der Waals surface area contributed by atoms with Crippen molar-refractivity contribution in [1.82, 2.24) is 10.2 Å². The lowest BCUT2D eigenvalue weighted by atomic mass is 9.71. The molecule has 122 valence electrons. The first-order chi connectivity index (χ1) is 10.3. The van der Waals surface area contributed by atoms with Crippen LogP contribution in [0.5, 0.6) is 0 Å². The average Bonchev–Trinajstić information content (AvgIpc) is 2.97. The lowest BCUT2D eigenvalue weighted by molar-refractivity contribution is 0.0809. The van der Waals surface area contributed by atoms with Crippen molar-refractivity contribution < 1.29 is 0 Å². The van der Waals surface area contributed by atoms with Crippen LogP contribution in [0.2, 0.25) is 0 Å². The predicted molar refractivity (Wildman–Crippen MR) is 90.7 cm³/mol. The van der Waals surface area contributed by atoms with E-state index in [1.807, 2.05) is 0 Å². The molecule has 0 radical (unpaired) electrons. The van der Waals surface area contributed by atoms with Gasteiger partial charge < -0.3 is 5.32 Å². The molecule has 0 aromatic heterocycles. The van der Waals surface area contributed by atoms with Gasteiger partial charge in [0.2, 0.25) is 0 Å². The fourth-order valence-electron chi connectivity index (χ4n) is 5.28. The standard InChI is InChI=1S/C19H36N2/c1-2-15-21(16-17-7-3-6-14-20-17)18-8-12-19(13-9-18)10-4-5-11-19/h17-18,20H,2-16H2,1H3. The molecule has 1 aliphatic heterocycles. The number of hydrogen-bond donors (Lipinski definition) is 1. The van der Waals surface area contributed by atoms with Gasteiger partial charge in [-0.1, -0.05) is 26.2 Å². The minimum Gasteiger partial charge on any atom is -0.313 e. The van der Waals surface area contributed by atoms with Crippen molar-refractivity contribution in [3.05, 3.63) is 0 Å². The van der Waals surface area contributed by atoms with Crippen LogP contribution in [-0.4, -0.2) is 36.6 Å². The first-order valence-electron chi connectivity index (χ1n) is 9.79. The molecule has 2 saturated carbocycles. The van der Waals surface area contributed by atoms with Crippen LogP contribution < -0.4 is 5.32 Å². The Hall–Kier alpha value is -0.0800. The highest BCUT2D eigenvalue weighted by atomic mass is 15.2. The van der Waals surface area contributed by atoms with Crippen molar-refractivity contribution in [2.75, 3.05) is 19.6 Å². The van der Waals surface area contributed by atoms with E-state index >= 15 is 0 Å². The Morgan fingerprint density at radius 1 is 0.952 bits per heavy atom. The smallest absolute Gasteiger partial charge is 0.0195 e. The van der Waals surface area contributed by atoms with Gasteiger partial charge in [-0.3, -0.25) is 4.90 Å². The third-order valence-electron chi connectivity index (χ3n) is 6.57. The van der Waals surface area contributed by atoms with E-state index in [4.69, 9.17) is 0 Å². The Kier molecular flexibility index (Phi) is 5.61. The maximum Gasteiger partial charge on any atom is 0.0195 e. The third-order valence-corrected chi connectivity index (χ3v) is 6.57. The number of hydrogen-bond acceptors (Lipinski definition) is 2. The zero-order chi connectivity index (χ0) is 14.5. The summed E-state index contributed by atoms with van der Waals surface area (Å²) >= 11 is 0. The van der Waals surface area contributed by atoms with E-state index in [9.17, 15) is 0 Å². The zero-order valence-corrected chi connectivity index (χ0v) is 14.2. The molecule has 1 saturated heterocycles. The molecule has 3 fully saturated rings. The fraction of sp³-hybridized carbons (Fsp3) is 1.00. The summed E-state index contributed by atoms with van der Waals surface area (Å²) in [5.74, 6) is 0. The molecule has 1 atom stereocenters. The summed E-state index contributed by atoms with van der Waals surface area (Å²) < 4.78 is 0. The van der Waals surface area contributed by atoms with Crippen LogP contribution in [0.4, 0.5) is 0 Å². The average molecular weight is 293 g/mol. The Morgan fingerprint density at radius 2 is 1.71 bits per heavy atom. The Morgan fingerprint density at radius 3 is 2.33 bits per heavy atom. The molecule has 1 unspecified atom stereocenters. The molecule has 0 bridgehead atoms. The maximum absolute atomic E-state index is 3.75. The van der Waals surface area contributed by atoms with E-state index in [1.54, 1.807) is 0 Å². The quantitative estimate of drug-likeness (QED) is 0.810. The van der Waals surface area contributed by atoms with Crippen LogP contribution in [0.3, 0.4) is 0 Å². The highest BCUT2D eigenvalue weighted by Crippen LogP contribution is 2.49. The highest BCUT2D eigenvalue weighted by molar-refractivity contribution is 4.92. The van der Waals surface area contributed by atoms with Crippen LogP contribution in [0.1, 0.15) is 84.0 Å². The van der Waals surface area contributed by atoms with E-state index in [-0.39, 0.29) is 0 Å². The normalized spacial score (nSPS) is 30.3. The molecule has 0 aromatic rings. The third kappa shape index (κ3) is 4.01. The van der Waals surface area contributed by atoms with Crippen molar-refractivity contribution in [3.63, 3.8) is 0 Å². The molecule has 2 aliphatic carbocycles. The number of nitrogens with one attached hydrogen (secondary N) is 1. The molecule has 1 N–H and O–H groups in total. The van der Waals surface area contributed by atoms with Gasteiger partial charge in [-0.05, 0) is 76.3 Å². The molecule has 1 heterocycles. The minimum atomic E-state index is 0.771. The first kappa shape index (κ1) is 15.8. The van der Waals surface area contributed by atoms with Crippen molar-refractivity contribution in [1.29, 1.82) is 0 Å². The van der Waals surface area contributed by atoms with Crippen LogP contribution in [0.15, 0.2) is 0 Å². The molecule has 21 heavy (non-hydrogen) atoms. The SMILES string of the molecule is CCCN(CC1CCCCN1)C1CCC2(CCCC2)CC1. The molecule has 1 spiro atoms. The largest absolute Gasteiger partial charge is 0.313 e. The van der Waals surface area contributed by atoms with Gasteiger partial charge in [0, 0.05) is 18.6 Å². The molecular formula is C19H36N2. The summed E-state index contributed by atoms with van der Waals surface area (Å²) in [7, 11) is 0. The van der Waals surface area contributed by atoms with E-state index in [1.165, 1.54) is 96.7 Å². The van der Waals surface area contributed by atoms with Gasteiger partial charge in [0.1, 0.15) is 0 Å². The van der Waals surface area contributed by atoms with Crippen LogP contribution in [-0.2, 0) is 0 Å². The van der Waals surface area contributed by atoms with E-state index < -0.39 is 0 Å². The van der Waals surface area contributed by atoms with Crippen molar-refractivity contribution in [2.45, 2.75) is 96.1 Å². The highest BCUT2D eigenvalue weighted by Gasteiger charge is 2.38. The van der Waals surface area contributed by atoms with Gasteiger partial charge in [0.15, 0.2) is 0 Å². The summed E-state index contributed by atoms with van der Waals surface area (Å²) in [6, 6.07) is 1.66. The second-order valence-electron chi connectivity index (χ2n) is 8.08. The second kappa shape index (κ2) is 7.46.